The summed E-state index contributed by atoms with van der Waals surface area (Å²) in [5.74, 6) is -0.138. The van der Waals surface area contributed by atoms with Crippen LogP contribution in [0.3, 0.4) is 0 Å². The molecule has 0 aromatic heterocycles. The summed E-state index contributed by atoms with van der Waals surface area (Å²) < 4.78 is 25.2. The minimum atomic E-state index is -3.94. The van der Waals surface area contributed by atoms with Gasteiger partial charge in [-0.15, -0.1) is 0 Å². The van der Waals surface area contributed by atoms with E-state index in [2.05, 4.69) is 6.07 Å². The van der Waals surface area contributed by atoms with Crippen molar-refractivity contribution in [3.63, 3.8) is 0 Å². The molecular formula is C7H11N3O4S. The molecule has 15 heavy (non-hydrogen) atoms. The Kier molecular flexibility index (Phi) is 3.49. The molecule has 0 saturated carbocycles. The lowest BCUT2D eigenvalue weighted by Gasteiger charge is -2.27. The van der Waals surface area contributed by atoms with Gasteiger partial charge in [0.2, 0.25) is 0 Å². The van der Waals surface area contributed by atoms with Gasteiger partial charge in [-0.1, -0.05) is 0 Å². The molecule has 1 rings (SSSR count). The first-order valence-corrected chi connectivity index (χ1v) is 5.80. The number of carbonyl (C=O) groups is 1. The number of rotatable bonds is 2. The van der Waals surface area contributed by atoms with Crippen LogP contribution in [-0.2, 0) is 10.2 Å². The van der Waals surface area contributed by atoms with Gasteiger partial charge in [0.15, 0.2) is 0 Å². The summed E-state index contributed by atoms with van der Waals surface area (Å²) in [6.45, 7) is 0.363. The molecule has 0 atom stereocenters. The molecule has 0 bridgehead atoms. The predicted molar refractivity (Wildman–Crippen MR) is 50.0 cm³/mol. The fraction of sp³-hybridized carbons (Fsp3) is 0.714. The quantitative estimate of drug-likeness (QED) is 0.682. The minimum Gasteiger partial charge on any atom is -0.464 e. The zero-order valence-corrected chi connectivity index (χ0v) is 8.70. The van der Waals surface area contributed by atoms with E-state index >= 15 is 0 Å². The van der Waals surface area contributed by atoms with Crippen molar-refractivity contribution in [1.82, 2.24) is 9.03 Å². The van der Waals surface area contributed by atoms with Crippen LogP contribution in [0.25, 0.3) is 0 Å². The van der Waals surface area contributed by atoms with Gasteiger partial charge in [0.1, 0.15) is 0 Å². The highest BCUT2D eigenvalue weighted by atomic mass is 32.2. The van der Waals surface area contributed by atoms with Crippen LogP contribution in [0.5, 0.6) is 0 Å². The Hall–Kier alpha value is -1.33. The van der Waals surface area contributed by atoms with Crippen LogP contribution in [-0.4, -0.2) is 37.0 Å². The van der Waals surface area contributed by atoms with Gasteiger partial charge in [-0.05, 0) is 12.8 Å². The Balaban J connectivity index is 2.60. The lowest BCUT2D eigenvalue weighted by molar-refractivity contribution is 0.199. The van der Waals surface area contributed by atoms with Crippen LogP contribution in [0.4, 0.5) is 4.79 Å². The molecule has 1 saturated heterocycles. The van der Waals surface area contributed by atoms with Gasteiger partial charge < -0.3 is 5.11 Å². The van der Waals surface area contributed by atoms with Gasteiger partial charge in [-0.2, -0.15) is 18.0 Å². The Morgan fingerprint density at radius 1 is 1.47 bits per heavy atom. The molecule has 1 fully saturated rings. The molecule has 84 valence electrons. The second-order valence-electron chi connectivity index (χ2n) is 3.21. The van der Waals surface area contributed by atoms with Crippen molar-refractivity contribution >= 4 is 16.3 Å². The number of hydrogen-bond donors (Lipinski definition) is 2. The van der Waals surface area contributed by atoms with E-state index in [4.69, 9.17) is 10.4 Å². The highest BCUT2D eigenvalue weighted by molar-refractivity contribution is 7.87. The maximum absolute atomic E-state index is 11.3. The van der Waals surface area contributed by atoms with E-state index < -0.39 is 16.3 Å². The fourth-order valence-electron chi connectivity index (χ4n) is 1.40. The van der Waals surface area contributed by atoms with Gasteiger partial charge in [0.05, 0.1) is 6.07 Å². The fourth-order valence-corrected chi connectivity index (χ4v) is 2.44. The molecule has 0 aromatic rings. The average Bonchev–Trinajstić information content (AvgIpc) is 2.16. The third-order valence-corrected chi connectivity index (χ3v) is 3.67. The zero-order chi connectivity index (χ0) is 11.5. The van der Waals surface area contributed by atoms with Crippen molar-refractivity contribution < 1.29 is 18.3 Å². The number of piperidine rings is 1. The van der Waals surface area contributed by atoms with Crippen LogP contribution >= 0.6 is 0 Å². The molecule has 1 heterocycles. The van der Waals surface area contributed by atoms with Crippen molar-refractivity contribution in [2.45, 2.75) is 12.8 Å². The topological polar surface area (TPSA) is 111 Å². The Morgan fingerprint density at radius 3 is 2.40 bits per heavy atom. The molecule has 1 amide bonds. The summed E-state index contributed by atoms with van der Waals surface area (Å²) in [7, 11) is -3.94. The third kappa shape index (κ3) is 3.07. The molecule has 0 unspecified atom stereocenters. The highest BCUT2D eigenvalue weighted by Gasteiger charge is 2.28. The summed E-state index contributed by atoms with van der Waals surface area (Å²) in [4.78, 5) is 10.2. The van der Waals surface area contributed by atoms with Gasteiger partial charge in [-0.25, -0.2) is 9.52 Å². The number of hydrogen-bond acceptors (Lipinski definition) is 4. The van der Waals surface area contributed by atoms with Gasteiger partial charge in [-0.3, -0.25) is 0 Å². The molecule has 0 spiro atoms. The normalized spacial score (nSPS) is 19.4. The molecule has 0 aromatic carbocycles. The first kappa shape index (κ1) is 11.7. The minimum absolute atomic E-state index is 0.138. The maximum Gasteiger partial charge on any atom is 0.419 e. The SMILES string of the molecule is N#CC1CCN(S(=O)(=O)NC(=O)O)CC1. The second kappa shape index (κ2) is 4.46. The van der Waals surface area contributed by atoms with Crippen LogP contribution in [0.2, 0.25) is 0 Å². The molecule has 7 nitrogen and oxygen atoms in total. The molecule has 0 aliphatic carbocycles. The Morgan fingerprint density at radius 2 is 2.00 bits per heavy atom. The van der Waals surface area contributed by atoms with Gasteiger partial charge >= 0.3 is 16.3 Å². The van der Waals surface area contributed by atoms with Crippen LogP contribution in [0, 0.1) is 17.2 Å². The van der Waals surface area contributed by atoms with E-state index in [1.54, 1.807) is 0 Å². The van der Waals surface area contributed by atoms with Crippen LogP contribution in [0.1, 0.15) is 12.8 Å². The van der Waals surface area contributed by atoms with Crippen molar-refractivity contribution in [2.75, 3.05) is 13.1 Å². The first-order valence-electron chi connectivity index (χ1n) is 4.36. The summed E-state index contributed by atoms with van der Waals surface area (Å²) in [6, 6.07) is 2.06. The zero-order valence-electron chi connectivity index (χ0n) is 7.88. The van der Waals surface area contributed by atoms with Crippen molar-refractivity contribution in [1.29, 1.82) is 5.26 Å². The number of nitrogens with zero attached hydrogens (tertiary/aromatic N) is 2. The van der Waals surface area contributed by atoms with Gasteiger partial charge in [0, 0.05) is 19.0 Å². The number of carboxylic acid groups (broad SMARTS) is 1. The van der Waals surface area contributed by atoms with E-state index in [1.165, 1.54) is 4.72 Å². The Labute approximate surface area is 87.5 Å². The van der Waals surface area contributed by atoms with Crippen molar-refractivity contribution in [3.8, 4) is 6.07 Å². The Bertz CT molecular complexity index is 378. The first-order chi connectivity index (χ1) is 6.95. The molecule has 1 aliphatic heterocycles. The number of nitriles is 1. The highest BCUT2D eigenvalue weighted by Crippen LogP contribution is 2.17. The van der Waals surface area contributed by atoms with Crippen LogP contribution < -0.4 is 4.72 Å². The molecule has 8 heteroatoms. The molecule has 0 radical (unpaired) electrons. The van der Waals surface area contributed by atoms with Crippen LogP contribution in [0.15, 0.2) is 0 Å². The second-order valence-corrected chi connectivity index (χ2v) is 4.89. The lowest BCUT2D eigenvalue weighted by atomic mass is 10.0. The smallest absolute Gasteiger partial charge is 0.419 e. The summed E-state index contributed by atoms with van der Waals surface area (Å²) >= 11 is 0. The molecule has 2 N–H and O–H groups in total. The monoisotopic (exact) mass is 233 g/mol. The van der Waals surface area contributed by atoms with E-state index in [9.17, 15) is 13.2 Å². The lowest BCUT2D eigenvalue weighted by Crippen LogP contribution is -2.46. The van der Waals surface area contributed by atoms with Crippen molar-refractivity contribution in [3.05, 3.63) is 0 Å². The van der Waals surface area contributed by atoms with Crippen molar-refractivity contribution in [2.24, 2.45) is 5.92 Å². The largest absolute Gasteiger partial charge is 0.464 e. The van der Waals surface area contributed by atoms with E-state index in [1.807, 2.05) is 0 Å². The number of nitrogens with one attached hydrogen (secondary N) is 1. The molecular weight excluding hydrogens is 222 g/mol. The summed E-state index contributed by atoms with van der Waals surface area (Å²) in [5, 5.41) is 16.9. The third-order valence-electron chi connectivity index (χ3n) is 2.19. The predicted octanol–water partition coefficient (Wildman–Crippen LogP) is -0.266. The van der Waals surface area contributed by atoms with E-state index in [0.29, 0.717) is 12.8 Å². The molecule has 1 aliphatic rings. The summed E-state index contributed by atoms with van der Waals surface area (Å²) in [6.07, 6.45) is -0.717. The van der Waals surface area contributed by atoms with E-state index in [-0.39, 0.29) is 19.0 Å². The average molecular weight is 233 g/mol. The maximum atomic E-state index is 11.3. The summed E-state index contributed by atoms with van der Waals surface area (Å²) in [5.41, 5.74) is 0. The van der Waals surface area contributed by atoms with E-state index in [0.717, 1.165) is 4.31 Å². The van der Waals surface area contributed by atoms with Gasteiger partial charge in [0.25, 0.3) is 0 Å². The number of amides is 1. The standard InChI is InChI=1S/C7H11N3O4S/c8-5-6-1-3-10(4-2-6)15(13,14)9-7(11)12/h6,9H,1-4H2,(H,11,12).